The van der Waals surface area contributed by atoms with Gasteiger partial charge in [0.2, 0.25) is 5.91 Å². The maximum atomic E-state index is 12.3. The van der Waals surface area contributed by atoms with Gasteiger partial charge in [-0.3, -0.25) is 9.78 Å². The van der Waals surface area contributed by atoms with E-state index in [-0.39, 0.29) is 12.0 Å². The van der Waals surface area contributed by atoms with Gasteiger partial charge in [0.05, 0.1) is 19.1 Å². The van der Waals surface area contributed by atoms with E-state index in [1.165, 1.54) is 5.56 Å². The quantitative estimate of drug-likeness (QED) is 0.834. The Balaban J connectivity index is 1.59. The number of nitrogens with zero attached hydrogens (tertiary/aromatic N) is 2. The molecule has 19 heavy (non-hydrogen) atoms. The first kappa shape index (κ1) is 12.6. The number of carbonyl (C=O) groups is 1. The highest BCUT2D eigenvalue weighted by molar-refractivity contribution is 5.77. The van der Waals surface area contributed by atoms with Gasteiger partial charge >= 0.3 is 0 Å². The van der Waals surface area contributed by atoms with E-state index in [2.05, 4.69) is 16.4 Å². The van der Waals surface area contributed by atoms with Crippen molar-refractivity contribution in [2.45, 2.75) is 25.5 Å². The van der Waals surface area contributed by atoms with E-state index in [0.717, 1.165) is 31.7 Å². The van der Waals surface area contributed by atoms with Gasteiger partial charge in [-0.25, -0.2) is 0 Å². The standard InChI is InChI=1S/C14H19N3O2/c18-14(8-12-9-15-5-7-19-12)17-6-3-13-11(10-17)2-1-4-16-13/h1-2,4,12,15H,3,5-10H2. The summed E-state index contributed by atoms with van der Waals surface area (Å²) in [5.74, 6) is 0.184. The van der Waals surface area contributed by atoms with Crippen molar-refractivity contribution in [3.05, 3.63) is 29.6 Å². The first-order valence-electron chi connectivity index (χ1n) is 6.86. The van der Waals surface area contributed by atoms with Crippen LogP contribution in [0, 0.1) is 0 Å². The lowest BCUT2D eigenvalue weighted by atomic mass is 10.0. The molecule has 1 atom stereocenters. The van der Waals surface area contributed by atoms with Crippen molar-refractivity contribution in [1.82, 2.24) is 15.2 Å². The van der Waals surface area contributed by atoms with E-state index >= 15 is 0 Å². The Kier molecular flexibility index (Phi) is 3.75. The van der Waals surface area contributed by atoms with Crippen molar-refractivity contribution in [3.63, 3.8) is 0 Å². The lowest BCUT2D eigenvalue weighted by Gasteiger charge is -2.30. The molecule has 3 heterocycles. The number of carbonyl (C=O) groups excluding carboxylic acids is 1. The Morgan fingerprint density at radius 3 is 3.37 bits per heavy atom. The topological polar surface area (TPSA) is 54.5 Å². The summed E-state index contributed by atoms with van der Waals surface area (Å²) >= 11 is 0. The van der Waals surface area contributed by atoms with Crippen LogP contribution in [0.1, 0.15) is 17.7 Å². The van der Waals surface area contributed by atoms with Crippen LogP contribution in [-0.4, -0.2) is 48.1 Å². The van der Waals surface area contributed by atoms with E-state index in [4.69, 9.17) is 4.74 Å². The Bertz CT molecular complexity index is 458. The molecule has 0 spiro atoms. The monoisotopic (exact) mass is 261 g/mol. The van der Waals surface area contributed by atoms with Gasteiger partial charge in [0, 0.05) is 44.5 Å². The van der Waals surface area contributed by atoms with Crippen LogP contribution in [-0.2, 0) is 22.5 Å². The minimum absolute atomic E-state index is 0.0246. The third kappa shape index (κ3) is 2.93. The van der Waals surface area contributed by atoms with Gasteiger partial charge in [0.25, 0.3) is 0 Å². The van der Waals surface area contributed by atoms with Gasteiger partial charge in [-0.1, -0.05) is 6.07 Å². The molecule has 1 aromatic heterocycles. The van der Waals surface area contributed by atoms with Crippen LogP contribution >= 0.6 is 0 Å². The third-order valence-electron chi connectivity index (χ3n) is 3.72. The van der Waals surface area contributed by atoms with Gasteiger partial charge in [0.15, 0.2) is 0 Å². The lowest BCUT2D eigenvalue weighted by Crippen LogP contribution is -2.43. The molecule has 2 aliphatic rings. The number of nitrogens with one attached hydrogen (secondary N) is 1. The number of hydrogen-bond acceptors (Lipinski definition) is 4. The highest BCUT2D eigenvalue weighted by Crippen LogP contribution is 2.17. The average molecular weight is 261 g/mol. The van der Waals surface area contributed by atoms with Crippen LogP contribution in [0.25, 0.3) is 0 Å². The number of ether oxygens (including phenoxy) is 1. The summed E-state index contributed by atoms with van der Waals surface area (Å²) in [7, 11) is 0. The summed E-state index contributed by atoms with van der Waals surface area (Å²) in [6.07, 6.45) is 3.17. The van der Waals surface area contributed by atoms with Crippen LogP contribution in [0.5, 0.6) is 0 Å². The zero-order valence-corrected chi connectivity index (χ0v) is 11.0. The van der Waals surface area contributed by atoms with Gasteiger partial charge in [-0.05, 0) is 11.6 Å². The fourth-order valence-corrected chi connectivity index (χ4v) is 2.65. The third-order valence-corrected chi connectivity index (χ3v) is 3.72. The molecule has 2 aliphatic heterocycles. The smallest absolute Gasteiger partial charge is 0.225 e. The molecule has 1 amide bonds. The molecule has 1 unspecified atom stereocenters. The van der Waals surface area contributed by atoms with Crippen LogP contribution < -0.4 is 5.32 Å². The predicted octanol–water partition coefficient (Wildman–Crippen LogP) is 0.345. The number of fused-ring (bicyclic) bond motifs is 1. The molecular weight excluding hydrogens is 242 g/mol. The summed E-state index contributed by atoms with van der Waals surface area (Å²) in [5, 5.41) is 3.25. The number of hydrogen-bond donors (Lipinski definition) is 1. The predicted molar refractivity (Wildman–Crippen MR) is 70.6 cm³/mol. The van der Waals surface area contributed by atoms with Crippen LogP contribution in [0.2, 0.25) is 0 Å². The van der Waals surface area contributed by atoms with E-state index in [0.29, 0.717) is 19.6 Å². The highest BCUT2D eigenvalue weighted by Gasteiger charge is 2.24. The zero-order valence-electron chi connectivity index (χ0n) is 11.0. The van der Waals surface area contributed by atoms with E-state index in [1.807, 2.05) is 17.2 Å². The first-order valence-corrected chi connectivity index (χ1v) is 6.86. The number of pyridine rings is 1. The molecule has 1 saturated heterocycles. The Morgan fingerprint density at radius 1 is 1.58 bits per heavy atom. The minimum Gasteiger partial charge on any atom is -0.375 e. The molecule has 102 valence electrons. The van der Waals surface area contributed by atoms with Crippen LogP contribution in [0.15, 0.2) is 18.3 Å². The number of morpholine rings is 1. The highest BCUT2D eigenvalue weighted by atomic mass is 16.5. The Morgan fingerprint density at radius 2 is 2.53 bits per heavy atom. The van der Waals surface area contributed by atoms with Crippen molar-refractivity contribution in [3.8, 4) is 0 Å². The number of amides is 1. The maximum Gasteiger partial charge on any atom is 0.225 e. The second-order valence-electron chi connectivity index (χ2n) is 5.08. The molecule has 5 nitrogen and oxygen atoms in total. The minimum atomic E-state index is 0.0246. The molecule has 3 rings (SSSR count). The van der Waals surface area contributed by atoms with Crippen molar-refractivity contribution < 1.29 is 9.53 Å². The molecule has 0 saturated carbocycles. The second-order valence-corrected chi connectivity index (χ2v) is 5.08. The summed E-state index contributed by atoms with van der Waals surface area (Å²) in [4.78, 5) is 18.5. The van der Waals surface area contributed by atoms with Crippen molar-refractivity contribution in [2.75, 3.05) is 26.2 Å². The maximum absolute atomic E-state index is 12.3. The normalized spacial score (nSPS) is 22.9. The zero-order chi connectivity index (χ0) is 13.1. The fourth-order valence-electron chi connectivity index (χ4n) is 2.65. The van der Waals surface area contributed by atoms with E-state index < -0.39 is 0 Å². The average Bonchev–Trinajstić information content (AvgIpc) is 2.48. The molecule has 1 N–H and O–H groups in total. The molecule has 0 aliphatic carbocycles. The van der Waals surface area contributed by atoms with Gasteiger partial charge in [-0.2, -0.15) is 0 Å². The Hall–Kier alpha value is -1.46. The molecular formula is C14H19N3O2. The molecule has 0 bridgehead atoms. The first-order chi connectivity index (χ1) is 9.33. The second kappa shape index (κ2) is 5.67. The van der Waals surface area contributed by atoms with E-state index in [9.17, 15) is 4.79 Å². The summed E-state index contributed by atoms with van der Waals surface area (Å²) in [6, 6.07) is 3.99. The summed E-state index contributed by atoms with van der Waals surface area (Å²) in [6.45, 7) is 3.81. The van der Waals surface area contributed by atoms with Crippen molar-refractivity contribution in [1.29, 1.82) is 0 Å². The Labute approximate surface area is 113 Å². The number of rotatable bonds is 2. The molecule has 0 radical (unpaired) electrons. The van der Waals surface area contributed by atoms with E-state index in [1.54, 1.807) is 0 Å². The largest absolute Gasteiger partial charge is 0.375 e. The van der Waals surface area contributed by atoms with Gasteiger partial charge in [-0.15, -0.1) is 0 Å². The van der Waals surface area contributed by atoms with Crippen molar-refractivity contribution >= 4 is 5.91 Å². The van der Waals surface area contributed by atoms with Gasteiger partial charge < -0.3 is 15.0 Å². The molecule has 5 heteroatoms. The van der Waals surface area contributed by atoms with Gasteiger partial charge in [0.1, 0.15) is 0 Å². The molecule has 0 aromatic carbocycles. The van der Waals surface area contributed by atoms with Crippen LogP contribution in [0.3, 0.4) is 0 Å². The number of aromatic nitrogens is 1. The SMILES string of the molecule is O=C(CC1CNCCO1)N1CCc2ncccc2C1. The summed E-state index contributed by atoms with van der Waals surface area (Å²) in [5.41, 5.74) is 2.30. The van der Waals surface area contributed by atoms with Crippen LogP contribution in [0.4, 0.5) is 0 Å². The van der Waals surface area contributed by atoms with Crippen molar-refractivity contribution in [2.24, 2.45) is 0 Å². The molecule has 1 fully saturated rings. The fraction of sp³-hybridized carbons (Fsp3) is 0.571. The lowest BCUT2D eigenvalue weighted by molar-refractivity contribution is -0.135. The molecule has 1 aromatic rings. The summed E-state index contributed by atoms with van der Waals surface area (Å²) < 4.78 is 5.59.